The summed E-state index contributed by atoms with van der Waals surface area (Å²) in [6.45, 7) is 9.60. The second-order valence-corrected chi connectivity index (χ2v) is 4.32. The Kier molecular flexibility index (Phi) is 7.11. The smallest absolute Gasteiger partial charge is 0.126 e. The molecule has 1 aliphatic rings. The van der Waals surface area contributed by atoms with E-state index in [1.165, 1.54) is 0 Å². The van der Waals surface area contributed by atoms with Crippen LogP contribution in [0, 0.1) is 0 Å². The van der Waals surface area contributed by atoms with Gasteiger partial charge in [-0.1, -0.05) is 20.8 Å². The second kappa shape index (κ2) is 7.18. The first-order chi connectivity index (χ1) is 7.06. The van der Waals surface area contributed by atoms with Crippen LogP contribution in [0.3, 0.4) is 0 Å². The maximum atomic E-state index is 14.1. The molecule has 0 aromatic rings. The normalized spacial score (nSPS) is 21.0. The van der Waals surface area contributed by atoms with Gasteiger partial charge >= 0.3 is 0 Å². The first-order valence-corrected chi connectivity index (χ1v) is 6.12. The predicted octanol–water partition coefficient (Wildman–Crippen LogP) is 2.40. The van der Waals surface area contributed by atoms with E-state index in [1.54, 1.807) is 0 Å². The van der Waals surface area contributed by atoms with Gasteiger partial charge in [0.25, 0.3) is 0 Å². The van der Waals surface area contributed by atoms with Crippen LogP contribution in [0.15, 0.2) is 0 Å². The molecule has 0 aromatic carbocycles. The molecule has 1 aliphatic heterocycles. The van der Waals surface area contributed by atoms with E-state index in [2.05, 4.69) is 11.8 Å². The van der Waals surface area contributed by atoms with Gasteiger partial charge in [0, 0.05) is 19.6 Å². The average Bonchev–Trinajstić information content (AvgIpc) is 2.20. The van der Waals surface area contributed by atoms with Crippen molar-refractivity contribution in [3.05, 3.63) is 0 Å². The molecule has 1 fully saturated rings. The zero-order valence-corrected chi connectivity index (χ0v) is 11.0. The van der Waals surface area contributed by atoms with Gasteiger partial charge < -0.3 is 9.80 Å². The summed E-state index contributed by atoms with van der Waals surface area (Å²) in [7, 11) is 3.88. The summed E-state index contributed by atoms with van der Waals surface area (Å²) in [5.41, 5.74) is -0.935. The number of piperidine rings is 1. The number of alkyl halides is 1. The highest BCUT2D eigenvalue weighted by molar-refractivity contribution is 4.87. The Morgan fingerprint density at radius 1 is 1.20 bits per heavy atom. The second-order valence-electron chi connectivity index (χ2n) is 4.32. The van der Waals surface area contributed by atoms with E-state index in [0.717, 1.165) is 19.6 Å². The number of hydrogen-bond donors (Lipinski definition) is 0. The van der Waals surface area contributed by atoms with Crippen molar-refractivity contribution in [3.63, 3.8) is 0 Å². The summed E-state index contributed by atoms with van der Waals surface area (Å²) in [5.74, 6) is 0. The van der Waals surface area contributed by atoms with Gasteiger partial charge in [-0.15, -0.1) is 0 Å². The van der Waals surface area contributed by atoms with Crippen LogP contribution < -0.4 is 0 Å². The molecular weight excluding hydrogens is 191 g/mol. The van der Waals surface area contributed by atoms with Gasteiger partial charge in [0.2, 0.25) is 0 Å². The number of halogens is 1. The molecule has 3 heteroatoms. The van der Waals surface area contributed by atoms with Crippen LogP contribution in [0.5, 0.6) is 0 Å². The molecule has 0 unspecified atom stereocenters. The maximum absolute atomic E-state index is 14.1. The molecule has 0 spiro atoms. The lowest BCUT2D eigenvalue weighted by Crippen LogP contribution is -2.46. The minimum atomic E-state index is -0.935. The van der Waals surface area contributed by atoms with Crippen molar-refractivity contribution in [2.45, 2.75) is 39.3 Å². The highest BCUT2D eigenvalue weighted by atomic mass is 19.1. The summed E-state index contributed by atoms with van der Waals surface area (Å²) < 4.78 is 14.1. The molecule has 0 aromatic heterocycles. The van der Waals surface area contributed by atoms with E-state index in [4.69, 9.17) is 0 Å². The molecule has 0 saturated carbocycles. The lowest BCUT2D eigenvalue weighted by atomic mass is 9.93. The highest BCUT2D eigenvalue weighted by Crippen LogP contribution is 2.26. The van der Waals surface area contributed by atoms with Gasteiger partial charge in [0.1, 0.15) is 5.67 Å². The maximum Gasteiger partial charge on any atom is 0.126 e. The molecule has 0 amide bonds. The first kappa shape index (κ1) is 14.8. The largest absolute Gasteiger partial charge is 0.306 e. The third-order valence-corrected chi connectivity index (χ3v) is 2.80. The molecule has 1 rings (SSSR count). The van der Waals surface area contributed by atoms with Crippen molar-refractivity contribution in [3.8, 4) is 0 Å². The highest BCUT2D eigenvalue weighted by Gasteiger charge is 2.34. The van der Waals surface area contributed by atoms with Gasteiger partial charge in [-0.3, -0.25) is 0 Å². The minimum Gasteiger partial charge on any atom is -0.306 e. The molecule has 0 N–H and O–H groups in total. The summed E-state index contributed by atoms with van der Waals surface area (Å²) in [4.78, 5) is 4.26. The quantitative estimate of drug-likeness (QED) is 0.717. The van der Waals surface area contributed by atoms with Crippen LogP contribution in [-0.2, 0) is 0 Å². The molecule has 0 bridgehead atoms. The fourth-order valence-corrected chi connectivity index (χ4v) is 1.99. The fourth-order valence-electron chi connectivity index (χ4n) is 1.99. The lowest BCUT2D eigenvalue weighted by Gasteiger charge is -2.37. The van der Waals surface area contributed by atoms with E-state index in [0.29, 0.717) is 19.4 Å². The van der Waals surface area contributed by atoms with E-state index in [-0.39, 0.29) is 0 Å². The lowest BCUT2D eigenvalue weighted by molar-refractivity contribution is 0.0384. The first-order valence-electron chi connectivity index (χ1n) is 6.12. The summed E-state index contributed by atoms with van der Waals surface area (Å²) >= 11 is 0. The van der Waals surface area contributed by atoms with Crippen LogP contribution in [0.1, 0.15) is 33.6 Å². The number of rotatable bonds is 3. The Bertz CT molecular complexity index is 152. The molecule has 92 valence electrons. The summed E-state index contributed by atoms with van der Waals surface area (Å²) in [6.07, 6.45) is 1.39. The fraction of sp³-hybridized carbons (Fsp3) is 1.00. The SMILES string of the molecule is CC.CCN1CCC(F)(CN(C)C)CC1. The Balaban J connectivity index is 0.000000921. The Hall–Kier alpha value is -0.150. The van der Waals surface area contributed by atoms with Crippen molar-refractivity contribution in [2.75, 3.05) is 40.3 Å². The third-order valence-electron chi connectivity index (χ3n) is 2.80. The van der Waals surface area contributed by atoms with E-state index >= 15 is 0 Å². The van der Waals surface area contributed by atoms with Crippen LogP contribution in [-0.4, -0.2) is 55.7 Å². The number of hydrogen-bond acceptors (Lipinski definition) is 2. The van der Waals surface area contributed by atoms with E-state index in [9.17, 15) is 4.39 Å². The topological polar surface area (TPSA) is 6.48 Å². The van der Waals surface area contributed by atoms with Crippen LogP contribution in [0.25, 0.3) is 0 Å². The van der Waals surface area contributed by atoms with Gasteiger partial charge in [0.05, 0.1) is 0 Å². The van der Waals surface area contributed by atoms with Gasteiger partial charge in [-0.25, -0.2) is 4.39 Å². The van der Waals surface area contributed by atoms with Crippen molar-refractivity contribution in [2.24, 2.45) is 0 Å². The molecule has 0 radical (unpaired) electrons. The van der Waals surface area contributed by atoms with Gasteiger partial charge in [0.15, 0.2) is 0 Å². The Morgan fingerprint density at radius 2 is 1.67 bits per heavy atom. The van der Waals surface area contributed by atoms with Crippen molar-refractivity contribution in [1.82, 2.24) is 9.80 Å². The molecule has 1 saturated heterocycles. The monoisotopic (exact) mass is 218 g/mol. The van der Waals surface area contributed by atoms with E-state index in [1.807, 2.05) is 32.8 Å². The minimum absolute atomic E-state index is 0.574. The molecule has 0 atom stereocenters. The van der Waals surface area contributed by atoms with Crippen LogP contribution in [0.4, 0.5) is 4.39 Å². The van der Waals surface area contributed by atoms with Crippen molar-refractivity contribution in [1.29, 1.82) is 0 Å². The zero-order chi connectivity index (χ0) is 11.9. The van der Waals surface area contributed by atoms with Crippen LogP contribution >= 0.6 is 0 Å². The summed E-state index contributed by atoms with van der Waals surface area (Å²) in [5, 5.41) is 0. The summed E-state index contributed by atoms with van der Waals surface area (Å²) in [6, 6.07) is 0. The van der Waals surface area contributed by atoms with Gasteiger partial charge in [-0.05, 0) is 33.5 Å². The number of nitrogens with zero attached hydrogens (tertiary/aromatic N) is 2. The predicted molar refractivity (Wildman–Crippen MR) is 65.1 cm³/mol. The Labute approximate surface area is 94.4 Å². The Morgan fingerprint density at radius 3 is 2.00 bits per heavy atom. The molecular formula is C12H27FN2. The molecule has 0 aliphatic carbocycles. The third kappa shape index (κ3) is 5.47. The standard InChI is InChI=1S/C10H21FN2.C2H6/c1-4-13-7-5-10(11,6-8-13)9-12(2)3;1-2/h4-9H2,1-3H3;1-2H3. The van der Waals surface area contributed by atoms with E-state index < -0.39 is 5.67 Å². The average molecular weight is 218 g/mol. The number of likely N-dealkylation sites (tertiary alicyclic amines) is 1. The van der Waals surface area contributed by atoms with Crippen molar-refractivity contribution >= 4 is 0 Å². The van der Waals surface area contributed by atoms with Gasteiger partial charge in [-0.2, -0.15) is 0 Å². The van der Waals surface area contributed by atoms with Crippen LogP contribution in [0.2, 0.25) is 0 Å². The molecule has 15 heavy (non-hydrogen) atoms. The molecule has 2 nitrogen and oxygen atoms in total. The zero-order valence-electron chi connectivity index (χ0n) is 11.0. The van der Waals surface area contributed by atoms with Crippen molar-refractivity contribution < 1.29 is 4.39 Å². The molecule has 1 heterocycles.